The van der Waals surface area contributed by atoms with Crippen LogP contribution in [0.25, 0.3) is 0 Å². The van der Waals surface area contributed by atoms with Crippen molar-refractivity contribution in [2.24, 2.45) is 5.73 Å². The number of ether oxygens (including phenoxy) is 2. The number of nitrogens with two attached hydrogens (primary N) is 1. The Morgan fingerprint density at radius 3 is 1.86 bits per heavy atom. The Hall–Kier alpha value is -3.37. The zero-order chi connectivity index (χ0) is 26.5. The number of allylic oxidation sites excluding steroid dienone is 4. The lowest BCUT2D eigenvalue weighted by molar-refractivity contribution is -0.145. The predicted octanol–water partition coefficient (Wildman–Crippen LogP) is -1.26. The molecule has 0 aromatic carbocycles. The maximum Gasteiger partial charge on any atom is 0.354 e. The molecule has 0 aromatic rings. The van der Waals surface area contributed by atoms with Gasteiger partial charge in [-0.25, -0.2) is 9.59 Å². The molecule has 0 bridgehead atoms. The summed E-state index contributed by atoms with van der Waals surface area (Å²) in [5.41, 5.74) is 5.27. The van der Waals surface area contributed by atoms with Gasteiger partial charge in [0.25, 0.3) is 0 Å². The number of nitrogens with zero attached hydrogens (tertiary/aromatic N) is 3. The van der Waals surface area contributed by atoms with Gasteiger partial charge in [0.1, 0.15) is 23.4 Å². The van der Waals surface area contributed by atoms with Crippen molar-refractivity contribution in [1.82, 2.24) is 9.80 Å². The molecule has 6 N–H and O–H groups in total. The SMILES string of the molecule is CC(CCOC(=O)/C(N)=C\C=C\N(CCO)CCO)OC(=O)/C(C#N)=C/C=C/N(CCO)CCO. The molecule has 35 heavy (non-hydrogen) atoms. The maximum atomic E-state index is 12.2. The minimum atomic E-state index is -0.841. The van der Waals surface area contributed by atoms with E-state index in [4.69, 9.17) is 35.6 Å². The fraction of sp³-hybridized carbons (Fsp3) is 0.522. The molecule has 0 aliphatic rings. The van der Waals surface area contributed by atoms with Crippen LogP contribution in [0.5, 0.6) is 0 Å². The zero-order valence-electron chi connectivity index (χ0n) is 20.0. The highest BCUT2D eigenvalue weighted by Gasteiger charge is 2.15. The van der Waals surface area contributed by atoms with E-state index in [9.17, 15) is 14.9 Å². The van der Waals surface area contributed by atoms with Crippen LogP contribution in [-0.4, -0.2) is 107 Å². The first-order valence-corrected chi connectivity index (χ1v) is 11.0. The summed E-state index contributed by atoms with van der Waals surface area (Å²) in [4.78, 5) is 27.4. The fourth-order valence-corrected chi connectivity index (χ4v) is 2.49. The lowest BCUT2D eigenvalue weighted by Crippen LogP contribution is -2.24. The number of aliphatic hydroxyl groups is 4. The summed E-state index contributed by atoms with van der Waals surface area (Å²) in [5.74, 6) is -1.60. The van der Waals surface area contributed by atoms with Gasteiger partial charge in [0.15, 0.2) is 0 Å². The number of hydrogen-bond acceptors (Lipinski definition) is 12. The molecule has 1 unspecified atom stereocenters. The second-order valence-corrected chi connectivity index (χ2v) is 7.10. The van der Waals surface area contributed by atoms with Gasteiger partial charge in [0, 0.05) is 32.6 Å². The molecule has 0 aromatic heterocycles. The first-order chi connectivity index (χ1) is 16.8. The van der Waals surface area contributed by atoms with Gasteiger partial charge in [0.2, 0.25) is 0 Å². The fourth-order valence-electron chi connectivity index (χ4n) is 2.49. The molecule has 0 spiro atoms. The lowest BCUT2D eigenvalue weighted by Gasteiger charge is -2.17. The number of esters is 2. The van der Waals surface area contributed by atoms with E-state index in [1.165, 1.54) is 30.5 Å². The molecule has 196 valence electrons. The minimum absolute atomic E-state index is 0.0739. The summed E-state index contributed by atoms with van der Waals surface area (Å²) >= 11 is 0. The van der Waals surface area contributed by atoms with E-state index < -0.39 is 18.0 Å². The second kappa shape index (κ2) is 20.0. The van der Waals surface area contributed by atoms with Gasteiger partial charge in [-0.2, -0.15) is 5.26 Å². The van der Waals surface area contributed by atoms with Crippen LogP contribution >= 0.6 is 0 Å². The Labute approximate surface area is 205 Å². The highest BCUT2D eigenvalue weighted by molar-refractivity contribution is 5.93. The van der Waals surface area contributed by atoms with Gasteiger partial charge in [-0.3, -0.25) is 0 Å². The standard InChI is InChI=1S/C23H36N4O8/c1-19(35-22(32)20(18-24)4-2-7-26(9-13-28)10-14-29)6-17-34-23(33)21(25)5-3-8-27(11-15-30)12-16-31/h2-5,7-8,19,28-31H,6,9-17,25H2,1H3/b7-2+,8-3+,20-4+,21-5+. The van der Waals surface area contributed by atoms with Crippen LogP contribution < -0.4 is 5.73 Å². The highest BCUT2D eigenvalue weighted by atomic mass is 16.6. The molecule has 0 fully saturated rings. The van der Waals surface area contributed by atoms with Crippen molar-refractivity contribution in [3.63, 3.8) is 0 Å². The molecular weight excluding hydrogens is 460 g/mol. The van der Waals surface area contributed by atoms with E-state index in [-0.39, 0.29) is 63.8 Å². The van der Waals surface area contributed by atoms with Crippen LogP contribution in [0.1, 0.15) is 13.3 Å². The van der Waals surface area contributed by atoms with Gasteiger partial charge in [0.05, 0.1) is 33.0 Å². The lowest BCUT2D eigenvalue weighted by atomic mass is 10.2. The summed E-state index contributed by atoms with van der Waals surface area (Å²) in [6, 6.07) is 1.75. The molecule has 0 saturated heterocycles. The highest BCUT2D eigenvalue weighted by Crippen LogP contribution is 2.06. The molecule has 12 nitrogen and oxygen atoms in total. The van der Waals surface area contributed by atoms with Gasteiger partial charge in [-0.1, -0.05) is 0 Å². The monoisotopic (exact) mass is 496 g/mol. The topological polar surface area (TPSA) is 190 Å². The van der Waals surface area contributed by atoms with Gasteiger partial charge < -0.3 is 45.4 Å². The summed E-state index contributed by atoms with van der Waals surface area (Å²) in [6.45, 7) is 2.30. The summed E-state index contributed by atoms with van der Waals surface area (Å²) in [5, 5.41) is 45.0. The molecule has 0 amide bonds. The normalized spacial score (nSPS) is 13.0. The Morgan fingerprint density at radius 1 is 0.914 bits per heavy atom. The molecule has 0 saturated carbocycles. The molecule has 0 heterocycles. The Bertz CT molecular complexity index is 777. The first-order valence-electron chi connectivity index (χ1n) is 11.0. The summed E-state index contributed by atoms with van der Waals surface area (Å²) in [6.07, 6.45) is 8.15. The van der Waals surface area contributed by atoms with Crippen LogP contribution in [0.3, 0.4) is 0 Å². The number of carbonyl (C=O) groups is 2. The third-order valence-corrected chi connectivity index (χ3v) is 4.32. The molecule has 0 aliphatic carbocycles. The first kappa shape index (κ1) is 31.6. The molecule has 12 heteroatoms. The number of nitriles is 1. The smallest absolute Gasteiger partial charge is 0.354 e. The van der Waals surface area contributed by atoms with Crippen molar-refractivity contribution in [2.75, 3.05) is 59.2 Å². The van der Waals surface area contributed by atoms with E-state index >= 15 is 0 Å². The van der Waals surface area contributed by atoms with Gasteiger partial charge in [-0.05, 0) is 43.6 Å². The molecule has 1 atom stereocenters. The van der Waals surface area contributed by atoms with Crippen molar-refractivity contribution < 1.29 is 39.5 Å². The van der Waals surface area contributed by atoms with Crippen molar-refractivity contribution >= 4 is 11.9 Å². The van der Waals surface area contributed by atoms with E-state index in [2.05, 4.69) is 0 Å². The number of carbonyl (C=O) groups excluding carboxylic acids is 2. The average Bonchev–Trinajstić information content (AvgIpc) is 2.82. The molecule has 0 aliphatic heterocycles. The minimum Gasteiger partial charge on any atom is -0.461 e. The summed E-state index contributed by atoms with van der Waals surface area (Å²) < 4.78 is 10.2. The maximum absolute atomic E-state index is 12.2. The van der Waals surface area contributed by atoms with E-state index in [0.29, 0.717) is 13.1 Å². The van der Waals surface area contributed by atoms with Crippen LogP contribution in [0, 0.1) is 11.3 Å². The predicted molar refractivity (Wildman–Crippen MR) is 127 cm³/mol. The third-order valence-electron chi connectivity index (χ3n) is 4.32. The van der Waals surface area contributed by atoms with E-state index in [1.54, 1.807) is 29.0 Å². The zero-order valence-corrected chi connectivity index (χ0v) is 20.0. The van der Waals surface area contributed by atoms with E-state index in [0.717, 1.165) is 0 Å². The molecule has 0 rings (SSSR count). The van der Waals surface area contributed by atoms with Gasteiger partial charge >= 0.3 is 11.9 Å². The number of hydrogen-bond donors (Lipinski definition) is 5. The van der Waals surface area contributed by atoms with Crippen molar-refractivity contribution in [3.8, 4) is 6.07 Å². The van der Waals surface area contributed by atoms with Crippen LogP contribution in [0.2, 0.25) is 0 Å². The second-order valence-electron chi connectivity index (χ2n) is 7.10. The molecular formula is C23H36N4O8. The Balaban J connectivity index is 4.64. The third kappa shape index (κ3) is 15.2. The van der Waals surface area contributed by atoms with Gasteiger partial charge in [-0.15, -0.1) is 0 Å². The van der Waals surface area contributed by atoms with Crippen LogP contribution in [0.4, 0.5) is 0 Å². The quantitative estimate of drug-likeness (QED) is 0.0656. The van der Waals surface area contributed by atoms with Crippen LogP contribution in [0.15, 0.2) is 48.0 Å². The average molecular weight is 497 g/mol. The van der Waals surface area contributed by atoms with Crippen molar-refractivity contribution in [1.29, 1.82) is 5.26 Å². The van der Waals surface area contributed by atoms with E-state index in [1.807, 2.05) is 0 Å². The number of aliphatic hydroxyl groups excluding tert-OH is 4. The largest absolute Gasteiger partial charge is 0.461 e. The van der Waals surface area contributed by atoms with Crippen molar-refractivity contribution in [3.05, 3.63) is 48.0 Å². The van der Waals surface area contributed by atoms with Crippen molar-refractivity contribution in [2.45, 2.75) is 19.4 Å². The summed E-state index contributed by atoms with van der Waals surface area (Å²) in [7, 11) is 0. The Morgan fingerprint density at radius 2 is 1.40 bits per heavy atom. The van der Waals surface area contributed by atoms with Crippen LogP contribution in [-0.2, 0) is 19.1 Å². The Kier molecular flexibility index (Phi) is 18.1. The number of rotatable bonds is 18. The molecule has 0 radical (unpaired) electrons.